The maximum Gasteiger partial charge on any atom is 0.229 e. The van der Waals surface area contributed by atoms with Crippen molar-refractivity contribution in [1.29, 1.82) is 0 Å². The lowest BCUT2D eigenvalue weighted by Crippen LogP contribution is -2.28. The number of hydrogen-bond donors (Lipinski definition) is 1. The maximum atomic E-state index is 12.3. The molecule has 0 aliphatic rings. The molecule has 1 aromatic rings. The second kappa shape index (κ2) is 6.87. The summed E-state index contributed by atoms with van der Waals surface area (Å²) in [5.41, 5.74) is -0.0563. The van der Waals surface area contributed by atoms with Gasteiger partial charge in [-0.2, -0.15) is 0 Å². The lowest BCUT2D eigenvalue weighted by atomic mass is 9.95. The summed E-state index contributed by atoms with van der Waals surface area (Å²) in [6, 6.07) is 5.01. The van der Waals surface area contributed by atoms with E-state index in [2.05, 4.69) is 5.32 Å². The Labute approximate surface area is 142 Å². The number of nitrogens with one attached hydrogen (secondary N) is 1. The second-order valence-electron chi connectivity index (χ2n) is 7.61. The lowest BCUT2D eigenvalue weighted by molar-refractivity contribution is -0.123. The minimum Gasteiger partial charge on any atom is -0.325 e. The van der Waals surface area contributed by atoms with Crippen molar-refractivity contribution in [2.24, 2.45) is 10.8 Å². The third-order valence-electron chi connectivity index (χ3n) is 3.13. The standard InChI is InChI=1S/C18H25NO3S/c1-11(20)12-8-9-14(23-16(22)18(5,6)7)13(10-12)19-15(21)17(2,3)4/h8-10H,1-7H3,(H,19,21). The highest BCUT2D eigenvalue weighted by Crippen LogP contribution is 2.35. The first-order valence-electron chi connectivity index (χ1n) is 7.51. The van der Waals surface area contributed by atoms with E-state index in [1.165, 1.54) is 6.92 Å². The van der Waals surface area contributed by atoms with Gasteiger partial charge in [-0.25, -0.2) is 0 Å². The summed E-state index contributed by atoms with van der Waals surface area (Å²) in [7, 11) is 0. The number of Topliss-reactive ketones (excluding diaryl/α,β-unsaturated/α-hetero) is 1. The van der Waals surface area contributed by atoms with E-state index in [0.29, 0.717) is 16.1 Å². The SMILES string of the molecule is CC(=O)c1ccc(SC(=O)C(C)(C)C)c(NC(=O)C(C)(C)C)c1. The number of carbonyl (C=O) groups excluding carboxylic acids is 3. The zero-order chi connectivity index (χ0) is 18.0. The Balaban J connectivity index is 3.22. The van der Waals surface area contributed by atoms with Crippen LogP contribution in [0.4, 0.5) is 5.69 Å². The molecule has 0 aromatic heterocycles. The van der Waals surface area contributed by atoms with Crippen molar-refractivity contribution in [3.05, 3.63) is 23.8 Å². The summed E-state index contributed by atoms with van der Waals surface area (Å²) in [5, 5.41) is 2.84. The molecule has 1 amide bonds. The molecule has 0 fully saturated rings. The van der Waals surface area contributed by atoms with E-state index < -0.39 is 10.8 Å². The van der Waals surface area contributed by atoms with Crippen LogP contribution in [0.25, 0.3) is 0 Å². The van der Waals surface area contributed by atoms with Crippen LogP contribution in [0, 0.1) is 10.8 Å². The van der Waals surface area contributed by atoms with E-state index in [0.717, 1.165) is 11.8 Å². The molecular weight excluding hydrogens is 310 g/mol. The number of anilines is 1. The Hall–Kier alpha value is -1.62. The van der Waals surface area contributed by atoms with E-state index >= 15 is 0 Å². The van der Waals surface area contributed by atoms with E-state index in [9.17, 15) is 14.4 Å². The number of hydrogen-bond acceptors (Lipinski definition) is 4. The molecule has 0 saturated heterocycles. The van der Waals surface area contributed by atoms with Gasteiger partial charge in [0, 0.05) is 21.3 Å². The van der Waals surface area contributed by atoms with Gasteiger partial charge in [0.1, 0.15) is 0 Å². The summed E-state index contributed by atoms with van der Waals surface area (Å²) >= 11 is 1.09. The smallest absolute Gasteiger partial charge is 0.229 e. The molecule has 0 atom stereocenters. The summed E-state index contributed by atoms with van der Waals surface area (Å²) in [4.78, 5) is 36.8. The fourth-order valence-corrected chi connectivity index (χ4v) is 2.36. The summed E-state index contributed by atoms with van der Waals surface area (Å²) < 4.78 is 0. The Kier molecular flexibility index (Phi) is 5.80. The molecule has 4 nitrogen and oxygen atoms in total. The van der Waals surface area contributed by atoms with Crippen LogP contribution in [0.2, 0.25) is 0 Å². The van der Waals surface area contributed by atoms with Crippen LogP contribution >= 0.6 is 11.8 Å². The highest BCUT2D eigenvalue weighted by atomic mass is 32.2. The zero-order valence-corrected chi connectivity index (χ0v) is 15.7. The largest absolute Gasteiger partial charge is 0.325 e. The van der Waals surface area contributed by atoms with Crippen LogP contribution in [0.1, 0.15) is 58.8 Å². The molecule has 5 heteroatoms. The first-order valence-corrected chi connectivity index (χ1v) is 8.33. The van der Waals surface area contributed by atoms with E-state index in [1.807, 2.05) is 41.5 Å². The van der Waals surface area contributed by atoms with Crippen molar-refractivity contribution in [3.8, 4) is 0 Å². The van der Waals surface area contributed by atoms with Gasteiger partial charge in [-0.15, -0.1) is 0 Å². The van der Waals surface area contributed by atoms with Gasteiger partial charge in [0.05, 0.1) is 5.69 Å². The van der Waals surface area contributed by atoms with Crippen LogP contribution in [0.5, 0.6) is 0 Å². The highest BCUT2D eigenvalue weighted by molar-refractivity contribution is 8.13. The molecule has 1 N–H and O–H groups in total. The first-order chi connectivity index (χ1) is 10.3. The Morgan fingerprint density at radius 3 is 1.96 bits per heavy atom. The fourth-order valence-electron chi connectivity index (χ4n) is 1.50. The molecule has 126 valence electrons. The molecule has 23 heavy (non-hydrogen) atoms. The normalized spacial score (nSPS) is 12.0. The Morgan fingerprint density at radius 2 is 1.52 bits per heavy atom. The van der Waals surface area contributed by atoms with Crippen molar-refractivity contribution in [1.82, 2.24) is 0 Å². The molecular formula is C18H25NO3S. The predicted octanol–water partition coefficient (Wildman–Crippen LogP) is 4.54. The van der Waals surface area contributed by atoms with Crippen LogP contribution < -0.4 is 5.32 Å². The highest BCUT2D eigenvalue weighted by Gasteiger charge is 2.26. The van der Waals surface area contributed by atoms with E-state index in [-0.39, 0.29) is 16.8 Å². The molecule has 0 spiro atoms. The number of amides is 1. The Bertz CT molecular complexity index is 637. The topological polar surface area (TPSA) is 63.2 Å². The maximum absolute atomic E-state index is 12.3. The van der Waals surface area contributed by atoms with Gasteiger partial charge in [0.25, 0.3) is 0 Å². The molecule has 0 saturated carbocycles. The number of carbonyl (C=O) groups is 3. The first kappa shape index (κ1) is 19.4. The van der Waals surface area contributed by atoms with Crippen molar-refractivity contribution in [2.75, 3.05) is 5.32 Å². The van der Waals surface area contributed by atoms with Gasteiger partial charge < -0.3 is 5.32 Å². The summed E-state index contributed by atoms with van der Waals surface area (Å²) in [6.07, 6.45) is 0. The number of benzene rings is 1. The molecule has 0 aliphatic heterocycles. The molecule has 1 rings (SSSR count). The molecule has 1 aromatic carbocycles. The monoisotopic (exact) mass is 335 g/mol. The van der Waals surface area contributed by atoms with Crippen LogP contribution in [-0.2, 0) is 9.59 Å². The van der Waals surface area contributed by atoms with Crippen molar-refractivity contribution < 1.29 is 14.4 Å². The van der Waals surface area contributed by atoms with E-state index in [1.54, 1.807) is 18.2 Å². The molecule has 0 unspecified atom stereocenters. The second-order valence-corrected chi connectivity index (χ2v) is 8.63. The van der Waals surface area contributed by atoms with Gasteiger partial charge in [-0.3, -0.25) is 14.4 Å². The van der Waals surface area contributed by atoms with Crippen LogP contribution in [0.3, 0.4) is 0 Å². The van der Waals surface area contributed by atoms with Gasteiger partial charge in [0.15, 0.2) is 10.9 Å². The molecule has 0 radical (unpaired) electrons. The predicted molar refractivity (Wildman–Crippen MR) is 94.9 cm³/mol. The quantitative estimate of drug-likeness (QED) is 0.651. The van der Waals surface area contributed by atoms with E-state index in [4.69, 9.17) is 0 Å². The number of thioether (sulfide) groups is 1. The molecule has 0 bridgehead atoms. The number of ketones is 1. The van der Waals surface area contributed by atoms with Gasteiger partial charge in [0.2, 0.25) is 5.91 Å². The number of rotatable bonds is 3. The average Bonchev–Trinajstić information content (AvgIpc) is 2.37. The fraction of sp³-hybridized carbons (Fsp3) is 0.500. The van der Waals surface area contributed by atoms with Gasteiger partial charge >= 0.3 is 0 Å². The van der Waals surface area contributed by atoms with Gasteiger partial charge in [-0.05, 0) is 30.8 Å². The Morgan fingerprint density at radius 1 is 0.957 bits per heavy atom. The minimum absolute atomic E-state index is 0.000618. The van der Waals surface area contributed by atoms with Crippen molar-refractivity contribution in [3.63, 3.8) is 0 Å². The van der Waals surface area contributed by atoms with Gasteiger partial charge in [-0.1, -0.05) is 47.6 Å². The molecule has 0 heterocycles. The zero-order valence-electron chi connectivity index (χ0n) is 14.9. The minimum atomic E-state index is -0.567. The lowest BCUT2D eigenvalue weighted by Gasteiger charge is -2.21. The van der Waals surface area contributed by atoms with Crippen molar-refractivity contribution >= 4 is 34.3 Å². The average molecular weight is 335 g/mol. The van der Waals surface area contributed by atoms with Crippen molar-refractivity contribution in [2.45, 2.75) is 53.4 Å². The molecule has 0 aliphatic carbocycles. The summed E-state index contributed by atoms with van der Waals surface area (Å²) in [5.74, 6) is -0.252. The van der Waals surface area contributed by atoms with Crippen LogP contribution in [0.15, 0.2) is 23.1 Å². The third-order valence-corrected chi connectivity index (χ3v) is 4.50. The third kappa shape index (κ3) is 5.50. The summed E-state index contributed by atoms with van der Waals surface area (Å²) in [6.45, 7) is 12.4. The van der Waals surface area contributed by atoms with Crippen LogP contribution in [-0.4, -0.2) is 16.8 Å².